The van der Waals surface area contributed by atoms with E-state index >= 15 is 0 Å². The van der Waals surface area contributed by atoms with Crippen molar-refractivity contribution in [3.8, 4) is 0 Å². The summed E-state index contributed by atoms with van der Waals surface area (Å²) in [5.41, 5.74) is 16.1. The van der Waals surface area contributed by atoms with Crippen LogP contribution < -0.4 is 11.5 Å². The van der Waals surface area contributed by atoms with Gasteiger partial charge in [0.25, 0.3) is 0 Å². The number of nitrogens with two attached hydrogens (primary N) is 2. The number of ether oxygens (including phenoxy) is 1. The number of pyridine rings is 1. The second-order valence-electron chi connectivity index (χ2n) is 6.94. The highest BCUT2D eigenvalue weighted by atomic mass is 16.5. The first-order valence-electron chi connectivity index (χ1n) is 10.2. The molecule has 6 heteroatoms. The predicted molar refractivity (Wildman–Crippen MR) is 133 cm³/mol. The van der Waals surface area contributed by atoms with Crippen molar-refractivity contribution >= 4 is 22.4 Å². The third-order valence-electron chi connectivity index (χ3n) is 4.65. The number of para-hydroxylation sites is 1. The molecule has 3 rings (SSSR count). The summed E-state index contributed by atoms with van der Waals surface area (Å²) in [6.45, 7) is 8.11. The highest BCUT2D eigenvalue weighted by Crippen LogP contribution is 2.20. The van der Waals surface area contributed by atoms with Crippen molar-refractivity contribution < 1.29 is 4.74 Å². The summed E-state index contributed by atoms with van der Waals surface area (Å²) in [5.74, 6) is 0.648. The van der Waals surface area contributed by atoms with Crippen LogP contribution in [0.3, 0.4) is 0 Å². The lowest BCUT2D eigenvalue weighted by Gasteiger charge is -2.09. The topological polar surface area (TPSA) is 102 Å². The average Bonchev–Trinajstić information content (AvgIpc) is 3.22. The molecule has 0 bridgehead atoms. The number of hydrogen-bond acceptors (Lipinski definition) is 4. The minimum atomic E-state index is 0.181. The Hall–Kier alpha value is -4.32. The molecule has 0 amide bonds. The summed E-state index contributed by atoms with van der Waals surface area (Å²) in [6, 6.07) is 11.9. The van der Waals surface area contributed by atoms with Crippen molar-refractivity contribution in [1.82, 2.24) is 9.97 Å². The molecular formula is C26H27N5O. The van der Waals surface area contributed by atoms with E-state index in [2.05, 4.69) is 40.3 Å². The highest BCUT2D eigenvalue weighted by molar-refractivity contribution is 5.99. The number of aromatic nitrogens is 2. The van der Waals surface area contributed by atoms with Gasteiger partial charge in [-0.3, -0.25) is 4.98 Å². The molecular weight excluding hydrogens is 398 g/mol. The van der Waals surface area contributed by atoms with Crippen LogP contribution in [0.1, 0.15) is 11.1 Å². The van der Waals surface area contributed by atoms with Crippen molar-refractivity contribution in [2.24, 2.45) is 16.5 Å². The smallest absolute Gasteiger partial charge is 0.147 e. The summed E-state index contributed by atoms with van der Waals surface area (Å²) in [6.07, 6.45) is 14.7. The van der Waals surface area contributed by atoms with Crippen molar-refractivity contribution in [1.29, 1.82) is 0 Å². The van der Waals surface area contributed by atoms with Gasteiger partial charge in [0.05, 0.1) is 18.0 Å². The number of benzene rings is 1. The predicted octanol–water partition coefficient (Wildman–Crippen LogP) is 4.62. The van der Waals surface area contributed by atoms with Gasteiger partial charge >= 0.3 is 0 Å². The molecule has 0 aliphatic carbocycles. The maximum Gasteiger partial charge on any atom is 0.147 e. The Kier molecular flexibility index (Phi) is 7.81. The first kappa shape index (κ1) is 22.4. The van der Waals surface area contributed by atoms with Gasteiger partial charge in [-0.2, -0.15) is 0 Å². The molecule has 162 valence electrons. The summed E-state index contributed by atoms with van der Waals surface area (Å²) in [7, 11) is 0. The zero-order valence-electron chi connectivity index (χ0n) is 17.9. The highest BCUT2D eigenvalue weighted by Gasteiger charge is 2.06. The number of aliphatic imine (C=N–C) groups is 1. The van der Waals surface area contributed by atoms with E-state index in [1.807, 2.05) is 30.5 Å². The van der Waals surface area contributed by atoms with Gasteiger partial charge in [0, 0.05) is 47.6 Å². The van der Waals surface area contributed by atoms with Crippen LogP contribution in [0.15, 0.2) is 115 Å². The number of rotatable bonds is 10. The van der Waals surface area contributed by atoms with E-state index in [9.17, 15) is 0 Å². The molecule has 0 aliphatic heterocycles. The van der Waals surface area contributed by atoms with Gasteiger partial charge in [-0.25, -0.2) is 4.99 Å². The minimum Gasteiger partial charge on any atom is -0.494 e. The number of aromatic amines is 1. The lowest BCUT2D eigenvalue weighted by Crippen LogP contribution is -2.20. The van der Waals surface area contributed by atoms with Gasteiger partial charge < -0.3 is 21.2 Å². The Bertz CT molecular complexity index is 1200. The van der Waals surface area contributed by atoms with Crippen LogP contribution in [0, 0.1) is 0 Å². The van der Waals surface area contributed by atoms with Gasteiger partial charge in [0.15, 0.2) is 0 Å². The van der Waals surface area contributed by atoms with Crippen LogP contribution >= 0.6 is 0 Å². The molecule has 2 heterocycles. The number of fused-ring (bicyclic) bond motifs is 1. The fraction of sp³-hybridized carbons (Fsp3) is 0.0769. The number of allylic oxidation sites excluding steroid dienone is 5. The minimum absolute atomic E-state index is 0.181. The largest absolute Gasteiger partial charge is 0.494 e. The Balaban J connectivity index is 1.74. The van der Waals surface area contributed by atoms with Gasteiger partial charge in [-0.1, -0.05) is 49.6 Å². The van der Waals surface area contributed by atoms with E-state index < -0.39 is 0 Å². The number of H-pyrrole nitrogens is 1. The first-order valence-corrected chi connectivity index (χ1v) is 10.2. The van der Waals surface area contributed by atoms with E-state index in [0.717, 1.165) is 17.5 Å². The van der Waals surface area contributed by atoms with E-state index in [4.69, 9.17) is 16.2 Å². The Labute approximate surface area is 188 Å². The molecule has 0 atom stereocenters. The van der Waals surface area contributed by atoms with E-state index in [1.165, 1.54) is 10.9 Å². The van der Waals surface area contributed by atoms with E-state index in [1.54, 1.807) is 42.8 Å². The maximum atomic E-state index is 6.09. The van der Waals surface area contributed by atoms with Gasteiger partial charge in [-0.05, 0) is 29.8 Å². The van der Waals surface area contributed by atoms with Gasteiger partial charge in [0.1, 0.15) is 11.6 Å². The second kappa shape index (κ2) is 11.2. The third kappa shape index (κ3) is 6.09. The van der Waals surface area contributed by atoms with Crippen LogP contribution in [0.4, 0.5) is 0 Å². The Morgan fingerprint density at radius 3 is 2.78 bits per heavy atom. The summed E-state index contributed by atoms with van der Waals surface area (Å²) in [4.78, 5) is 11.9. The van der Waals surface area contributed by atoms with Crippen LogP contribution in [0.25, 0.3) is 16.6 Å². The molecule has 0 saturated carbocycles. The first-order chi connectivity index (χ1) is 15.6. The van der Waals surface area contributed by atoms with Gasteiger partial charge in [-0.15, -0.1) is 0 Å². The standard InChI is InChI=1S/C26H27N5O/c1-3-4-5-11-23(27)26(28)31-25(21-9-8-14-29-17-21)16-19(2)32-15-13-20-18-30-24-12-7-6-10-22(20)24/h3-12,14,16-18,30H,1-2,13,15,27H2,(H2,28,31)/b5-4-,23-11-,25-16-. The summed E-state index contributed by atoms with van der Waals surface area (Å²) >= 11 is 0. The lowest BCUT2D eigenvalue weighted by atomic mass is 10.1. The third-order valence-corrected chi connectivity index (χ3v) is 4.65. The molecule has 0 spiro atoms. The molecule has 5 N–H and O–H groups in total. The molecule has 0 fully saturated rings. The Morgan fingerprint density at radius 1 is 1.16 bits per heavy atom. The monoisotopic (exact) mass is 425 g/mol. The van der Waals surface area contributed by atoms with Crippen molar-refractivity contribution in [3.05, 3.63) is 121 Å². The van der Waals surface area contributed by atoms with Crippen molar-refractivity contribution in [2.45, 2.75) is 6.42 Å². The average molecular weight is 426 g/mol. The number of amidine groups is 1. The molecule has 0 saturated heterocycles. The molecule has 6 nitrogen and oxygen atoms in total. The van der Waals surface area contributed by atoms with Crippen LogP contribution in [-0.2, 0) is 11.2 Å². The molecule has 32 heavy (non-hydrogen) atoms. The van der Waals surface area contributed by atoms with Crippen LogP contribution in [0.2, 0.25) is 0 Å². The molecule has 0 radical (unpaired) electrons. The summed E-state index contributed by atoms with van der Waals surface area (Å²) in [5, 5.41) is 1.19. The molecule has 3 aromatic rings. The lowest BCUT2D eigenvalue weighted by molar-refractivity contribution is 0.230. The maximum absolute atomic E-state index is 6.09. The Morgan fingerprint density at radius 2 is 2.00 bits per heavy atom. The van der Waals surface area contributed by atoms with Crippen molar-refractivity contribution in [3.63, 3.8) is 0 Å². The van der Waals surface area contributed by atoms with E-state index in [-0.39, 0.29) is 5.84 Å². The molecule has 1 aromatic carbocycles. The molecule has 0 unspecified atom stereocenters. The van der Waals surface area contributed by atoms with Crippen LogP contribution in [0.5, 0.6) is 0 Å². The van der Waals surface area contributed by atoms with Crippen LogP contribution in [-0.4, -0.2) is 22.4 Å². The quantitative estimate of drug-likeness (QED) is 0.191. The molecule has 0 aliphatic rings. The fourth-order valence-electron chi connectivity index (χ4n) is 3.04. The van der Waals surface area contributed by atoms with Crippen molar-refractivity contribution in [2.75, 3.05) is 6.61 Å². The normalized spacial score (nSPS) is 12.9. The zero-order valence-corrected chi connectivity index (χ0v) is 17.9. The fourth-order valence-corrected chi connectivity index (χ4v) is 3.04. The van der Waals surface area contributed by atoms with Gasteiger partial charge in [0.2, 0.25) is 0 Å². The summed E-state index contributed by atoms with van der Waals surface area (Å²) < 4.78 is 5.85. The second-order valence-corrected chi connectivity index (χ2v) is 6.94. The SMILES string of the molecule is C=C\C=C/C=C(N)/C(N)=N/C(=C\C(=C)OCCc1c[nH]c2ccccc12)c1cccnc1. The number of hydrogen-bond donors (Lipinski definition) is 3. The zero-order chi connectivity index (χ0) is 22.8. The number of nitrogens with zero attached hydrogens (tertiary/aromatic N) is 2. The number of nitrogens with one attached hydrogen (secondary N) is 1. The molecule has 2 aromatic heterocycles. The van der Waals surface area contributed by atoms with E-state index in [0.29, 0.717) is 23.8 Å².